The van der Waals surface area contributed by atoms with Crippen LogP contribution in [0.3, 0.4) is 0 Å². The fraction of sp³-hybridized carbons (Fsp3) is 0.917. The molecule has 1 N–H and O–H groups in total. The molecule has 2 aliphatic rings. The second-order valence-electron chi connectivity index (χ2n) is 5.06. The highest BCUT2D eigenvalue weighted by molar-refractivity contribution is 7.80. The van der Waals surface area contributed by atoms with Crippen LogP contribution in [0.2, 0.25) is 0 Å². The third-order valence-electron chi connectivity index (χ3n) is 3.41. The minimum Gasteiger partial charge on any atom is -0.374 e. The van der Waals surface area contributed by atoms with Crippen molar-refractivity contribution in [3.05, 3.63) is 0 Å². The van der Waals surface area contributed by atoms with Gasteiger partial charge in [-0.2, -0.15) is 0 Å². The number of rotatable bonds is 1. The second kappa shape index (κ2) is 5.32. The molecule has 2 atom stereocenters. The molecule has 1 aliphatic carbocycles. The third kappa shape index (κ3) is 2.66. The van der Waals surface area contributed by atoms with E-state index in [-0.39, 0.29) is 0 Å². The molecule has 0 aromatic rings. The van der Waals surface area contributed by atoms with Crippen LogP contribution in [0, 0.1) is 0 Å². The maximum absolute atomic E-state index is 5.84. The molecule has 0 radical (unpaired) electrons. The van der Waals surface area contributed by atoms with Gasteiger partial charge in [-0.3, -0.25) is 0 Å². The molecule has 0 bridgehead atoms. The number of hydrogen-bond donors (Lipinski definition) is 1. The van der Waals surface area contributed by atoms with Gasteiger partial charge in [0.2, 0.25) is 0 Å². The first-order valence-electron chi connectivity index (χ1n) is 6.37. The second-order valence-corrected chi connectivity index (χ2v) is 5.45. The van der Waals surface area contributed by atoms with E-state index in [1.54, 1.807) is 0 Å². The number of thiocarbonyl (C=S) groups is 1. The molecule has 3 nitrogen and oxygen atoms in total. The van der Waals surface area contributed by atoms with Gasteiger partial charge in [0.05, 0.1) is 18.8 Å². The molecule has 1 aliphatic heterocycles. The lowest BCUT2D eigenvalue weighted by atomic mass is 9.90. The van der Waals surface area contributed by atoms with Gasteiger partial charge in [0.25, 0.3) is 0 Å². The van der Waals surface area contributed by atoms with Crippen LogP contribution < -0.4 is 5.32 Å². The van der Waals surface area contributed by atoms with Crippen molar-refractivity contribution in [3.8, 4) is 0 Å². The fourth-order valence-electron chi connectivity index (χ4n) is 2.68. The highest BCUT2D eigenvalue weighted by atomic mass is 32.1. The summed E-state index contributed by atoms with van der Waals surface area (Å²) < 4.78 is 5.84. The Hall–Kier alpha value is -0.350. The summed E-state index contributed by atoms with van der Waals surface area (Å²) in [7, 11) is 0. The maximum atomic E-state index is 5.84. The molecule has 16 heavy (non-hydrogen) atoms. The zero-order valence-corrected chi connectivity index (χ0v) is 11.1. The summed E-state index contributed by atoms with van der Waals surface area (Å²) in [6.07, 6.45) is 5.45. The van der Waals surface area contributed by atoms with Crippen molar-refractivity contribution in [3.63, 3.8) is 0 Å². The van der Waals surface area contributed by atoms with E-state index in [1.807, 2.05) is 0 Å². The van der Waals surface area contributed by atoms with E-state index in [4.69, 9.17) is 17.0 Å². The van der Waals surface area contributed by atoms with E-state index >= 15 is 0 Å². The van der Waals surface area contributed by atoms with Crippen LogP contribution in [0.4, 0.5) is 0 Å². The number of hydrogen-bond acceptors (Lipinski definition) is 2. The number of ether oxygens (including phenoxy) is 1. The molecule has 0 aromatic carbocycles. The Morgan fingerprint density at radius 1 is 1.38 bits per heavy atom. The summed E-state index contributed by atoms with van der Waals surface area (Å²) in [6, 6.07) is 0.929. The summed E-state index contributed by atoms with van der Waals surface area (Å²) in [4.78, 5) is 2.35. The van der Waals surface area contributed by atoms with E-state index in [0.29, 0.717) is 18.2 Å². The molecule has 0 spiro atoms. The Labute approximate surface area is 104 Å². The van der Waals surface area contributed by atoms with Gasteiger partial charge in [-0.05, 0) is 38.9 Å². The first kappa shape index (κ1) is 12.1. The highest BCUT2D eigenvalue weighted by Gasteiger charge is 2.35. The third-order valence-corrected chi connectivity index (χ3v) is 3.76. The summed E-state index contributed by atoms with van der Waals surface area (Å²) in [6.45, 7) is 6.02. The molecule has 4 heteroatoms. The number of fused-ring (bicyclic) bond motifs is 1. The van der Waals surface area contributed by atoms with E-state index in [2.05, 4.69) is 24.1 Å². The standard InChI is InChI=1S/C12H22N2OS/c1-9(2)13-12(16)14-7-8-15-11-6-4-3-5-10(11)14/h9-11H,3-8H2,1-2H3,(H,13,16). The Kier molecular flexibility index (Phi) is 4.03. The van der Waals surface area contributed by atoms with Gasteiger partial charge in [0.1, 0.15) is 0 Å². The van der Waals surface area contributed by atoms with Gasteiger partial charge in [0, 0.05) is 12.6 Å². The SMILES string of the molecule is CC(C)NC(=S)N1CCOC2CCCCC21. The highest BCUT2D eigenvalue weighted by Crippen LogP contribution is 2.28. The van der Waals surface area contributed by atoms with Gasteiger partial charge in [0.15, 0.2) is 5.11 Å². The summed E-state index contributed by atoms with van der Waals surface area (Å²) in [5.41, 5.74) is 0. The number of morpholine rings is 1. The fourth-order valence-corrected chi connectivity index (χ4v) is 3.14. The number of nitrogens with one attached hydrogen (secondary N) is 1. The minimum atomic E-state index is 0.411. The molecule has 2 unspecified atom stereocenters. The Morgan fingerprint density at radius 3 is 2.88 bits per heavy atom. The van der Waals surface area contributed by atoms with Crippen LogP contribution in [0.15, 0.2) is 0 Å². The first-order valence-corrected chi connectivity index (χ1v) is 6.78. The molecule has 92 valence electrons. The van der Waals surface area contributed by atoms with Crippen molar-refractivity contribution in [1.29, 1.82) is 0 Å². The molecule has 2 fully saturated rings. The molecule has 2 rings (SSSR count). The van der Waals surface area contributed by atoms with Crippen LogP contribution in [-0.4, -0.2) is 41.4 Å². The van der Waals surface area contributed by atoms with E-state index < -0.39 is 0 Å². The molecule has 0 amide bonds. The maximum Gasteiger partial charge on any atom is 0.169 e. The molecule has 1 saturated heterocycles. The van der Waals surface area contributed by atoms with Crippen molar-refractivity contribution in [2.75, 3.05) is 13.2 Å². The summed E-state index contributed by atoms with van der Waals surface area (Å²) >= 11 is 5.48. The van der Waals surface area contributed by atoms with Gasteiger partial charge < -0.3 is 15.0 Å². The van der Waals surface area contributed by atoms with Gasteiger partial charge in [-0.15, -0.1) is 0 Å². The van der Waals surface area contributed by atoms with E-state index in [9.17, 15) is 0 Å². The normalized spacial score (nSPS) is 30.1. The van der Waals surface area contributed by atoms with Gasteiger partial charge in [-0.1, -0.05) is 12.8 Å². The zero-order chi connectivity index (χ0) is 11.5. The first-order chi connectivity index (χ1) is 7.68. The lowest BCUT2D eigenvalue weighted by Crippen LogP contribution is -2.58. The molecular formula is C12H22N2OS. The minimum absolute atomic E-state index is 0.411. The summed E-state index contributed by atoms with van der Waals surface area (Å²) in [5, 5.41) is 4.26. The predicted octanol–water partition coefficient (Wildman–Crippen LogP) is 1.91. The quantitative estimate of drug-likeness (QED) is 0.710. The van der Waals surface area contributed by atoms with Crippen molar-refractivity contribution in [2.45, 2.75) is 57.7 Å². The van der Waals surface area contributed by atoms with Crippen LogP contribution in [-0.2, 0) is 4.74 Å². The monoisotopic (exact) mass is 242 g/mol. The Morgan fingerprint density at radius 2 is 2.12 bits per heavy atom. The van der Waals surface area contributed by atoms with Crippen LogP contribution >= 0.6 is 12.2 Å². The topological polar surface area (TPSA) is 24.5 Å². The van der Waals surface area contributed by atoms with Crippen molar-refractivity contribution in [2.24, 2.45) is 0 Å². The lowest BCUT2D eigenvalue weighted by Gasteiger charge is -2.45. The van der Waals surface area contributed by atoms with Crippen molar-refractivity contribution in [1.82, 2.24) is 10.2 Å². The average Bonchev–Trinajstić information content (AvgIpc) is 2.27. The van der Waals surface area contributed by atoms with Crippen LogP contribution in [0.1, 0.15) is 39.5 Å². The Balaban J connectivity index is 1.99. The smallest absolute Gasteiger partial charge is 0.169 e. The summed E-state index contributed by atoms with van der Waals surface area (Å²) in [5.74, 6) is 0. The van der Waals surface area contributed by atoms with Gasteiger partial charge >= 0.3 is 0 Å². The van der Waals surface area contributed by atoms with E-state index in [1.165, 1.54) is 25.7 Å². The predicted molar refractivity (Wildman–Crippen MR) is 69.6 cm³/mol. The lowest BCUT2D eigenvalue weighted by molar-refractivity contribution is -0.0639. The molecular weight excluding hydrogens is 220 g/mol. The molecule has 1 saturated carbocycles. The van der Waals surface area contributed by atoms with Gasteiger partial charge in [-0.25, -0.2) is 0 Å². The molecule has 1 heterocycles. The zero-order valence-electron chi connectivity index (χ0n) is 10.2. The van der Waals surface area contributed by atoms with Crippen molar-refractivity contribution >= 4 is 17.3 Å². The average molecular weight is 242 g/mol. The van der Waals surface area contributed by atoms with Crippen LogP contribution in [0.25, 0.3) is 0 Å². The Bertz CT molecular complexity index is 255. The van der Waals surface area contributed by atoms with Crippen molar-refractivity contribution < 1.29 is 4.74 Å². The molecule has 0 aromatic heterocycles. The van der Waals surface area contributed by atoms with E-state index in [0.717, 1.165) is 18.3 Å². The largest absolute Gasteiger partial charge is 0.374 e. The van der Waals surface area contributed by atoms with Crippen LogP contribution in [0.5, 0.6) is 0 Å². The number of nitrogens with zero attached hydrogens (tertiary/aromatic N) is 1.